The van der Waals surface area contributed by atoms with Crippen molar-refractivity contribution in [2.24, 2.45) is 13.0 Å². The molecule has 258 valence electrons. The molecule has 0 radical (unpaired) electrons. The Kier molecular flexibility index (Phi) is 10.6. The Morgan fingerprint density at radius 2 is 1.67 bits per heavy atom. The summed E-state index contributed by atoms with van der Waals surface area (Å²) in [5.41, 5.74) is 5.20. The highest BCUT2D eigenvalue weighted by molar-refractivity contribution is 6.13. The number of aldehydes is 1. The van der Waals surface area contributed by atoms with Gasteiger partial charge in [-0.25, -0.2) is 0 Å². The molecule has 10 nitrogen and oxygen atoms in total. The first kappa shape index (κ1) is 34.3. The number of carbonyl (C=O) groups is 3. The van der Waals surface area contributed by atoms with Gasteiger partial charge < -0.3 is 33.8 Å². The highest BCUT2D eigenvalue weighted by atomic mass is 16.5. The van der Waals surface area contributed by atoms with Crippen molar-refractivity contribution < 1.29 is 28.6 Å². The lowest BCUT2D eigenvalue weighted by Crippen LogP contribution is -2.41. The van der Waals surface area contributed by atoms with Crippen LogP contribution in [0.25, 0.3) is 10.9 Å². The molecule has 1 aromatic heterocycles. The number of carbonyl (C=O) groups excluding carboxylic acids is 3. The standard InChI is InChI=1S/C38H50N4O6/c1-24-15-33(39-38(45)32-19-40(3)34-9-7-6-8-31(32)34)25(2)14-27(24)16-37(44)42-18-28(41-20-35(46-4)36(21-41)47-5)17-29(42)23-48-30-12-10-26(22-43)11-13-30/h6-9,14-15,19,22,26,28-30,35-36H,10-13,16-18,20-21,23H2,1-5H3,(H,39,45)/t26?,28-,29-,30?,35-,36?/m0/s1. The van der Waals surface area contributed by atoms with E-state index in [1.165, 1.54) is 0 Å². The third kappa shape index (κ3) is 7.22. The minimum absolute atomic E-state index is 0.00713. The van der Waals surface area contributed by atoms with Crippen molar-refractivity contribution in [1.29, 1.82) is 0 Å². The summed E-state index contributed by atoms with van der Waals surface area (Å²) in [6.07, 6.45) is 7.68. The summed E-state index contributed by atoms with van der Waals surface area (Å²) in [4.78, 5) is 43.1. The number of methoxy groups -OCH3 is 2. The quantitative estimate of drug-likeness (QED) is 0.299. The number of aromatic nitrogens is 1. The van der Waals surface area contributed by atoms with Gasteiger partial charge in [0.1, 0.15) is 6.29 Å². The van der Waals surface area contributed by atoms with Crippen molar-refractivity contribution in [3.63, 3.8) is 0 Å². The highest BCUT2D eigenvalue weighted by Gasteiger charge is 2.43. The molecule has 1 aliphatic carbocycles. The molecule has 1 saturated carbocycles. The number of hydrogen-bond acceptors (Lipinski definition) is 7. The van der Waals surface area contributed by atoms with Crippen LogP contribution in [0.1, 0.15) is 59.2 Å². The topological polar surface area (TPSA) is 102 Å². The molecule has 2 amide bonds. The second kappa shape index (κ2) is 14.9. The Morgan fingerprint density at radius 1 is 0.958 bits per heavy atom. The highest BCUT2D eigenvalue weighted by Crippen LogP contribution is 2.31. The molecule has 2 aromatic carbocycles. The van der Waals surface area contributed by atoms with Gasteiger partial charge >= 0.3 is 0 Å². The number of aryl methyl sites for hydroxylation is 3. The Bertz CT molecular complexity index is 1620. The average Bonchev–Trinajstić information content (AvgIpc) is 3.81. The maximum absolute atomic E-state index is 14.1. The van der Waals surface area contributed by atoms with Crippen molar-refractivity contribution in [2.45, 2.75) is 82.8 Å². The van der Waals surface area contributed by atoms with Gasteiger partial charge in [0.05, 0.1) is 42.9 Å². The van der Waals surface area contributed by atoms with E-state index < -0.39 is 0 Å². The number of nitrogens with one attached hydrogen (secondary N) is 1. The molecule has 4 atom stereocenters. The first-order valence-corrected chi connectivity index (χ1v) is 17.3. The van der Waals surface area contributed by atoms with Gasteiger partial charge in [-0.1, -0.05) is 24.3 Å². The number of nitrogens with zero attached hydrogens (tertiary/aromatic N) is 3. The summed E-state index contributed by atoms with van der Waals surface area (Å²) in [5, 5.41) is 4.03. The van der Waals surface area contributed by atoms with E-state index >= 15 is 0 Å². The van der Waals surface area contributed by atoms with Gasteiger partial charge in [-0.05, 0) is 74.8 Å². The molecule has 10 heteroatoms. The van der Waals surface area contributed by atoms with E-state index in [2.05, 4.69) is 10.2 Å². The summed E-state index contributed by atoms with van der Waals surface area (Å²) < 4.78 is 19.8. The molecule has 48 heavy (non-hydrogen) atoms. The molecule has 1 unspecified atom stereocenters. The Balaban J connectivity index is 1.15. The van der Waals surface area contributed by atoms with Crippen molar-refractivity contribution in [1.82, 2.24) is 14.4 Å². The van der Waals surface area contributed by atoms with Crippen molar-refractivity contribution in [3.05, 3.63) is 64.8 Å². The fourth-order valence-electron chi connectivity index (χ4n) is 7.96. The van der Waals surface area contributed by atoms with E-state index in [1.54, 1.807) is 14.2 Å². The van der Waals surface area contributed by atoms with Gasteiger partial charge in [-0.2, -0.15) is 0 Å². The summed E-state index contributed by atoms with van der Waals surface area (Å²) in [7, 11) is 5.40. The lowest BCUT2D eigenvalue weighted by atomic mass is 9.88. The molecule has 2 aliphatic heterocycles. The molecule has 0 bridgehead atoms. The van der Waals surface area contributed by atoms with Crippen LogP contribution in [0, 0.1) is 19.8 Å². The number of para-hydroxylation sites is 1. The van der Waals surface area contributed by atoms with Crippen LogP contribution in [0.3, 0.4) is 0 Å². The predicted molar refractivity (Wildman–Crippen MR) is 185 cm³/mol. The first-order valence-electron chi connectivity index (χ1n) is 17.3. The summed E-state index contributed by atoms with van der Waals surface area (Å²) in [6, 6.07) is 12.0. The maximum Gasteiger partial charge on any atom is 0.257 e. The summed E-state index contributed by atoms with van der Waals surface area (Å²) in [6.45, 7) is 6.64. The molecular formula is C38H50N4O6. The van der Waals surface area contributed by atoms with Gasteiger partial charge in [0.2, 0.25) is 5.91 Å². The van der Waals surface area contributed by atoms with Crippen LogP contribution in [0.15, 0.2) is 42.6 Å². The number of anilines is 1. The third-order valence-electron chi connectivity index (χ3n) is 10.9. The normalized spacial score (nSPS) is 26.3. The van der Waals surface area contributed by atoms with Gasteiger partial charge in [-0.15, -0.1) is 0 Å². The number of hydrogen-bond donors (Lipinski definition) is 1. The minimum Gasteiger partial charge on any atom is -0.377 e. The molecule has 0 spiro atoms. The van der Waals surface area contributed by atoms with Gasteiger partial charge in [0.25, 0.3) is 5.91 Å². The lowest BCUT2D eigenvalue weighted by molar-refractivity contribution is -0.133. The lowest BCUT2D eigenvalue weighted by Gasteiger charge is -2.29. The van der Waals surface area contributed by atoms with Crippen LogP contribution >= 0.6 is 0 Å². The van der Waals surface area contributed by atoms with E-state index in [1.807, 2.05) is 73.0 Å². The second-order valence-electron chi connectivity index (χ2n) is 14.0. The van der Waals surface area contributed by atoms with Crippen molar-refractivity contribution >= 4 is 34.7 Å². The van der Waals surface area contributed by atoms with Gasteiger partial charge in [0, 0.05) is 75.6 Å². The summed E-state index contributed by atoms with van der Waals surface area (Å²) in [5.74, 6) is 0.0645. The van der Waals surface area contributed by atoms with Crippen LogP contribution < -0.4 is 5.32 Å². The summed E-state index contributed by atoms with van der Waals surface area (Å²) >= 11 is 0. The van der Waals surface area contributed by atoms with Crippen molar-refractivity contribution in [3.8, 4) is 0 Å². The van der Waals surface area contributed by atoms with Crippen LogP contribution in [0.5, 0.6) is 0 Å². The number of fused-ring (bicyclic) bond motifs is 1. The number of ether oxygens (including phenoxy) is 3. The largest absolute Gasteiger partial charge is 0.377 e. The van der Waals surface area contributed by atoms with E-state index in [9.17, 15) is 14.4 Å². The fourth-order valence-corrected chi connectivity index (χ4v) is 7.96. The molecule has 3 aromatic rings. The first-order chi connectivity index (χ1) is 23.2. The number of benzene rings is 2. The van der Waals surface area contributed by atoms with E-state index in [0.29, 0.717) is 18.7 Å². The monoisotopic (exact) mass is 658 g/mol. The smallest absolute Gasteiger partial charge is 0.257 e. The second-order valence-corrected chi connectivity index (χ2v) is 14.0. The van der Waals surface area contributed by atoms with E-state index in [0.717, 1.165) is 84.8 Å². The van der Waals surface area contributed by atoms with Gasteiger partial charge in [-0.3, -0.25) is 14.5 Å². The number of likely N-dealkylation sites (tertiary alicyclic amines) is 2. The Morgan fingerprint density at radius 3 is 2.35 bits per heavy atom. The number of rotatable bonds is 11. The molecule has 3 fully saturated rings. The van der Waals surface area contributed by atoms with Crippen LogP contribution in [-0.4, -0.2) is 103 Å². The number of amides is 2. The van der Waals surface area contributed by atoms with Crippen LogP contribution in [-0.2, 0) is 37.3 Å². The molecule has 3 aliphatic rings. The van der Waals surface area contributed by atoms with Crippen molar-refractivity contribution in [2.75, 3.05) is 45.8 Å². The molecular weight excluding hydrogens is 608 g/mol. The SMILES string of the molecule is COC1CN([C@H]2C[C@@H](COC3CCC(C=O)CC3)N(C(=O)Cc3cc(C)c(NC(=O)c4cn(C)c5ccccc45)cc3C)C2)C[C@@H]1OC. The fraction of sp³-hybridized carbons (Fsp3) is 0.553. The van der Waals surface area contributed by atoms with Crippen LogP contribution in [0.4, 0.5) is 5.69 Å². The average molecular weight is 659 g/mol. The minimum atomic E-state index is -0.156. The third-order valence-corrected chi connectivity index (χ3v) is 10.9. The van der Waals surface area contributed by atoms with E-state index in [-0.39, 0.29) is 54.5 Å². The molecule has 1 N–H and O–H groups in total. The zero-order valence-corrected chi connectivity index (χ0v) is 28.9. The van der Waals surface area contributed by atoms with Crippen LogP contribution in [0.2, 0.25) is 0 Å². The Labute approximate surface area is 283 Å². The molecule has 6 rings (SSSR count). The predicted octanol–water partition coefficient (Wildman–Crippen LogP) is 4.68. The molecule has 3 heterocycles. The van der Waals surface area contributed by atoms with Gasteiger partial charge in [0.15, 0.2) is 0 Å². The maximum atomic E-state index is 14.1. The molecule has 2 saturated heterocycles. The van der Waals surface area contributed by atoms with E-state index in [4.69, 9.17) is 14.2 Å². The zero-order chi connectivity index (χ0) is 33.9. The zero-order valence-electron chi connectivity index (χ0n) is 28.9. The Hall–Kier alpha value is -3.57.